The van der Waals surface area contributed by atoms with E-state index < -0.39 is 0 Å². The molecular formula is C25H31N5O3S. The number of nitrogens with one attached hydrogen (secondary N) is 1. The van der Waals surface area contributed by atoms with Crippen molar-refractivity contribution in [3.63, 3.8) is 0 Å². The predicted octanol–water partition coefficient (Wildman–Crippen LogP) is 3.37. The standard InChI is InChI=1S/C25H31N5O3S/c1-19-16-23(30-13-11-29(12-14-30)17-20-6-4-3-5-7-20)28-25(27-19)34-18-21-8-9-22(33-21)24(31)26-10-15-32-2/h3-9,16H,10-15,17-18H2,1-2H3,(H,26,31). The van der Waals surface area contributed by atoms with Gasteiger partial charge >= 0.3 is 0 Å². The summed E-state index contributed by atoms with van der Waals surface area (Å²) in [6.45, 7) is 7.76. The van der Waals surface area contributed by atoms with Crippen LogP contribution >= 0.6 is 11.8 Å². The molecule has 1 amide bonds. The molecule has 3 heterocycles. The third-order valence-electron chi connectivity index (χ3n) is 5.59. The average Bonchev–Trinajstić information content (AvgIpc) is 3.33. The van der Waals surface area contributed by atoms with Crippen molar-refractivity contribution in [1.29, 1.82) is 0 Å². The highest BCUT2D eigenvalue weighted by molar-refractivity contribution is 7.98. The van der Waals surface area contributed by atoms with Gasteiger partial charge in [-0.15, -0.1) is 0 Å². The fourth-order valence-electron chi connectivity index (χ4n) is 3.80. The van der Waals surface area contributed by atoms with E-state index in [9.17, 15) is 4.79 Å². The molecule has 1 N–H and O–H groups in total. The number of aryl methyl sites for hydroxylation is 1. The van der Waals surface area contributed by atoms with Crippen molar-refractivity contribution < 1.29 is 13.9 Å². The monoisotopic (exact) mass is 481 g/mol. The topological polar surface area (TPSA) is 83.7 Å². The second-order valence-corrected chi connectivity index (χ2v) is 9.14. The Labute approximate surface area is 204 Å². The number of aromatic nitrogens is 2. The van der Waals surface area contributed by atoms with Crippen molar-refractivity contribution in [3.05, 3.63) is 71.3 Å². The average molecular weight is 482 g/mol. The van der Waals surface area contributed by atoms with Crippen LogP contribution in [0.15, 0.2) is 58.1 Å². The van der Waals surface area contributed by atoms with Crippen LogP contribution in [0.1, 0.15) is 27.6 Å². The molecule has 0 aliphatic carbocycles. The zero-order valence-corrected chi connectivity index (χ0v) is 20.5. The van der Waals surface area contributed by atoms with Gasteiger partial charge in [0.1, 0.15) is 11.6 Å². The molecule has 0 radical (unpaired) electrons. The van der Waals surface area contributed by atoms with E-state index in [4.69, 9.17) is 14.1 Å². The van der Waals surface area contributed by atoms with Crippen LogP contribution in [0.3, 0.4) is 0 Å². The van der Waals surface area contributed by atoms with E-state index in [2.05, 4.69) is 50.4 Å². The molecule has 34 heavy (non-hydrogen) atoms. The van der Waals surface area contributed by atoms with Crippen molar-refractivity contribution in [2.45, 2.75) is 24.4 Å². The molecule has 1 saturated heterocycles. The summed E-state index contributed by atoms with van der Waals surface area (Å²) in [4.78, 5) is 26.3. The molecule has 1 aromatic carbocycles. The van der Waals surface area contributed by atoms with Crippen LogP contribution in [-0.2, 0) is 17.0 Å². The van der Waals surface area contributed by atoms with Crippen LogP contribution in [0.2, 0.25) is 0 Å². The van der Waals surface area contributed by atoms with Crippen molar-refractivity contribution in [3.8, 4) is 0 Å². The Hall–Kier alpha value is -2.88. The number of anilines is 1. The van der Waals surface area contributed by atoms with Gasteiger partial charge in [0.25, 0.3) is 5.91 Å². The van der Waals surface area contributed by atoms with E-state index >= 15 is 0 Å². The van der Waals surface area contributed by atoms with E-state index in [0.29, 0.717) is 35.6 Å². The molecule has 4 rings (SSSR count). The fourth-order valence-corrected chi connectivity index (χ4v) is 4.59. The first-order valence-electron chi connectivity index (χ1n) is 11.5. The second kappa shape index (κ2) is 12.0. The maximum absolute atomic E-state index is 12.1. The highest BCUT2D eigenvalue weighted by Gasteiger charge is 2.19. The lowest BCUT2D eigenvalue weighted by Gasteiger charge is -2.35. The summed E-state index contributed by atoms with van der Waals surface area (Å²) in [5, 5.41) is 3.47. The highest BCUT2D eigenvalue weighted by Crippen LogP contribution is 2.24. The predicted molar refractivity (Wildman–Crippen MR) is 133 cm³/mol. The van der Waals surface area contributed by atoms with Gasteiger partial charge in [-0.2, -0.15) is 0 Å². The SMILES string of the molecule is COCCNC(=O)c1ccc(CSc2nc(C)cc(N3CCN(Cc4ccccc4)CC3)n2)o1. The molecule has 1 fully saturated rings. The number of amides is 1. The maximum atomic E-state index is 12.1. The maximum Gasteiger partial charge on any atom is 0.287 e. The number of rotatable bonds is 10. The molecule has 0 unspecified atom stereocenters. The highest BCUT2D eigenvalue weighted by atomic mass is 32.2. The van der Waals surface area contributed by atoms with E-state index in [0.717, 1.165) is 44.2 Å². The minimum absolute atomic E-state index is 0.242. The fraction of sp³-hybridized carbons (Fsp3) is 0.400. The van der Waals surface area contributed by atoms with Gasteiger partial charge in [-0.1, -0.05) is 42.1 Å². The van der Waals surface area contributed by atoms with Crippen molar-refractivity contribution in [2.75, 3.05) is 51.3 Å². The smallest absolute Gasteiger partial charge is 0.287 e. The molecule has 0 saturated carbocycles. The first-order chi connectivity index (χ1) is 16.6. The Bertz CT molecular complexity index is 1070. The van der Waals surface area contributed by atoms with Crippen LogP contribution in [0.4, 0.5) is 5.82 Å². The number of piperazine rings is 1. The Balaban J connectivity index is 1.30. The molecule has 0 atom stereocenters. The zero-order chi connectivity index (χ0) is 23.8. The molecule has 8 nitrogen and oxygen atoms in total. The zero-order valence-electron chi connectivity index (χ0n) is 19.7. The summed E-state index contributed by atoms with van der Waals surface area (Å²) < 4.78 is 10.6. The summed E-state index contributed by atoms with van der Waals surface area (Å²) in [5.74, 6) is 2.29. The van der Waals surface area contributed by atoms with Gasteiger partial charge in [0.2, 0.25) is 0 Å². The lowest BCUT2D eigenvalue weighted by molar-refractivity contribution is 0.0908. The number of thioether (sulfide) groups is 1. The Morgan fingerprint density at radius 2 is 1.91 bits per heavy atom. The van der Waals surface area contributed by atoms with Crippen LogP contribution in [0.5, 0.6) is 0 Å². The minimum atomic E-state index is -0.242. The number of carbonyl (C=O) groups excluding carboxylic acids is 1. The third kappa shape index (κ3) is 6.82. The molecule has 3 aromatic rings. The van der Waals surface area contributed by atoms with Gasteiger partial charge in [-0.25, -0.2) is 9.97 Å². The summed E-state index contributed by atoms with van der Waals surface area (Å²) in [6.07, 6.45) is 0. The number of carbonyl (C=O) groups is 1. The number of furan rings is 1. The summed E-state index contributed by atoms with van der Waals surface area (Å²) in [6, 6.07) is 16.2. The van der Waals surface area contributed by atoms with Crippen LogP contribution in [-0.4, -0.2) is 67.2 Å². The Morgan fingerprint density at radius 3 is 2.68 bits per heavy atom. The van der Waals surface area contributed by atoms with Gasteiger partial charge < -0.3 is 19.4 Å². The quantitative estimate of drug-likeness (QED) is 0.268. The van der Waals surface area contributed by atoms with E-state index in [1.807, 2.05) is 19.1 Å². The molecule has 1 aliphatic rings. The first kappa shape index (κ1) is 24.3. The first-order valence-corrected chi connectivity index (χ1v) is 12.4. The third-order valence-corrected chi connectivity index (χ3v) is 6.46. The number of nitrogens with zero attached hydrogens (tertiary/aromatic N) is 4. The second-order valence-electron chi connectivity index (χ2n) is 8.20. The van der Waals surface area contributed by atoms with Gasteiger partial charge in [0.15, 0.2) is 10.9 Å². The summed E-state index contributed by atoms with van der Waals surface area (Å²) in [5.41, 5.74) is 2.29. The lowest BCUT2D eigenvalue weighted by atomic mass is 10.2. The van der Waals surface area contributed by atoms with Crippen LogP contribution in [0, 0.1) is 6.92 Å². The molecule has 0 spiro atoms. The summed E-state index contributed by atoms with van der Waals surface area (Å²) >= 11 is 1.51. The summed E-state index contributed by atoms with van der Waals surface area (Å²) in [7, 11) is 1.60. The number of hydrogen-bond acceptors (Lipinski definition) is 8. The molecule has 2 aromatic heterocycles. The molecular weight excluding hydrogens is 450 g/mol. The number of methoxy groups -OCH3 is 1. The van der Waals surface area contributed by atoms with Crippen molar-refractivity contribution >= 4 is 23.5 Å². The largest absolute Gasteiger partial charge is 0.455 e. The Kier molecular flexibility index (Phi) is 8.56. The van der Waals surface area contributed by atoms with Crippen molar-refractivity contribution in [1.82, 2.24) is 20.2 Å². The molecule has 9 heteroatoms. The van der Waals surface area contributed by atoms with E-state index in [1.54, 1.807) is 13.2 Å². The molecule has 180 valence electrons. The lowest BCUT2D eigenvalue weighted by Crippen LogP contribution is -2.46. The van der Waals surface area contributed by atoms with E-state index in [1.165, 1.54) is 17.3 Å². The minimum Gasteiger partial charge on any atom is -0.455 e. The normalized spacial score (nSPS) is 14.4. The van der Waals surface area contributed by atoms with Crippen molar-refractivity contribution in [2.24, 2.45) is 0 Å². The molecule has 1 aliphatic heterocycles. The van der Waals surface area contributed by atoms with E-state index in [-0.39, 0.29) is 5.91 Å². The van der Waals surface area contributed by atoms with Gasteiger partial charge in [0, 0.05) is 58.1 Å². The Morgan fingerprint density at radius 1 is 1.12 bits per heavy atom. The van der Waals surface area contributed by atoms with Gasteiger partial charge in [0.05, 0.1) is 12.4 Å². The number of benzene rings is 1. The van der Waals surface area contributed by atoms with Gasteiger partial charge in [-0.3, -0.25) is 9.69 Å². The number of ether oxygens (including phenoxy) is 1. The van der Waals surface area contributed by atoms with Crippen LogP contribution in [0.25, 0.3) is 0 Å². The van der Waals surface area contributed by atoms with Crippen LogP contribution < -0.4 is 10.2 Å². The van der Waals surface area contributed by atoms with Gasteiger partial charge in [-0.05, 0) is 24.6 Å². The molecule has 0 bridgehead atoms. The number of hydrogen-bond donors (Lipinski definition) is 1.